The molecular formula is C42H74NO9P. The number of quaternary nitrogens is 1. The molecule has 0 spiro atoms. The number of hydrogen-bond donors (Lipinski definition) is 1. The summed E-state index contributed by atoms with van der Waals surface area (Å²) in [6.07, 6.45) is 38.4. The monoisotopic (exact) mass is 768 g/mol. The molecule has 0 aliphatic rings. The predicted octanol–water partition coefficient (Wildman–Crippen LogP) is 9.24. The number of aliphatic hydroxyl groups is 1. The largest absolute Gasteiger partial charge is 0.756 e. The molecule has 0 heterocycles. The SMILES string of the molecule is CCCC/C=C\CCCCCCCC(=O)O[C@H](COC(=O)CCC/C=C\C/C=C\C/C=C\C/C=C\CCCCCO)COP(=O)([O-])OCC[N+](C)(C)C. The van der Waals surface area contributed by atoms with Crippen molar-refractivity contribution in [2.75, 3.05) is 54.1 Å². The van der Waals surface area contributed by atoms with Gasteiger partial charge in [-0.1, -0.05) is 106 Å². The highest BCUT2D eigenvalue weighted by Gasteiger charge is 2.21. The Morgan fingerprint density at radius 2 is 1.13 bits per heavy atom. The van der Waals surface area contributed by atoms with Crippen molar-refractivity contribution in [3.63, 3.8) is 0 Å². The van der Waals surface area contributed by atoms with E-state index < -0.39 is 32.5 Å². The zero-order chi connectivity index (χ0) is 39.3. The van der Waals surface area contributed by atoms with E-state index in [-0.39, 0.29) is 32.7 Å². The van der Waals surface area contributed by atoms with E-state index in [0.29, 0.717) is 23.9 Å². The van der Waals surface area contributed by atoms with Crippen LogP contribution in [0.3, 0.4) is 0 Å². The van der Waals surface area contributed by atoms with Crippen LogP contribution in [0.1, 0.15) is 135 Å². The number of phosphoric acid groups is 1. The summed E-state index contributed by atoms with van der Waals surface area (Å²) >= 11 is 0. The summed E-state index contributed by atoms with van der Waals surface area (Å²) in [6, 6.07) is 0. The van der Waals surface area contributed by atoms with Crippen LogP contribution in [0.25, 0.3) is 0 Å². The summed E-state index contributed by atoms with van der Waals surface area (Å²) in [6.45, 7) is 2.08. The zero-order valence-corrected chi connectivity index (χ0v) is 34.5. The predicted molar refractivity (Wildman–Crippen MR) is 214 cm³/mol. The number of allylic oxidation sites excluding steroid dienone is 10. The molecule has 53 heavy (non-hydrogen) atoms. The van der Waals surface area contributed by atoms with Gasteiger partial charge in [0.05, 0.1) is 27.7 Å². The fourth-order valence-electron chi connectivity index (χ4n) is 4.84. The normalized spacial score (nSPS) is 14.3. The van der Waals surface area contributed by atoms with Gasteiger partial charge >= 0.3 is 11.9 Å². The van der Waals surface area contributed by atoms with Crippen LogP contribution < -0.4 is 4.89 Å². The smallest absolute Gasteiger partial charge is 0.306 e. The molecule has 0 rings (SSSR count). The van der Waals surface area contributed by atoms with E-state index >= 15 is 0 Å². The molecule has 2 atom stereocenters. The fraction of sp³-hybridized carbons (Fsp3) is 0.714. The molecule has 0 aromatic rings. The lowest BCUT2D eigenvalue weighted by Crippen LogP contribution is -2.37. The second-order valence-electron chi connectivity index (χ2n) is 14.4. The third-order valence-corrected chi connectivity index (χ3v) is 9.03. The Bertz CT molecular complexity index is 1090. The van der Waals surface area contributed by atoms with E-state index in [1.807, 2.05) is 27.2 Å². The molecule has 11 heteroatoms. The molecule has 0 bridgehead atoms. The van der Waals surface area contributed by atoms with Crippen LogP contribution in [0.15, 0.2) is 60.8 Å². The summed E-state index contributed by atoms with van der Waals surface area (Å²) in [7, 11) is 1.10. The first-order valence-electron chi connectivity index (χ1n) is 20.1. The number of carbonyl (C=O) groups is 2. The topological polar surface area (TPSA) is 131 Å². The molecule has 0 aromatic heterocycles. The van der Waals surface area contributed by atoms with Crippen LogP contribution in [0, 0.1) is 0 Å². The molecule has 0 aromatic carbocycles. The van der Waals surface area contributed by atoms with Gasteiger partial charge in [0, 0.05) is 19.4 Å². The van der Waals surface area contributed by atoms with Gasteiger partial charge in [-0.3, -0.25) is 14.2 Å². The molecule has 1 unspecified atom stereocenters. The summed E-state index contributed by atoms with van der Waals surface area (Å²) in [5.41, 5.74) is 0. The Morgan fingerprint density at radius 3 is 1.72 bits per heavy atom. The maximum Gasteiger partial charge on any atom is 0.306 e. The van der Waals surface area contributed by atoms with E-state index in [1.54, 1.807) is 0 Å². The van der Waals surface area contributed by atoms with Crippen molar-refractivity contribution in [1.29, 1.82) is 0 Å². The second-order valence-corrected chi connectivity index (χ2v) is 15.8. The minimum Gasteiger partial charge on any atom is -0.756 e. The number of phosphoric ester groups is 1. The molecule has 0 radical (unpaired) electrons. The standard InChI is InChI=1S/C42H74NO9P/c1-5-6-7-8-9-10-18-22-25-28-31-34-42(46)52-40(39-51-53(47,48)50-37-35-43(2,3)4)38-49-41(45)33-30-27-24-21-19-16-14-12-11-13-15-17-20-23-26-29-32-36-44/h8-9,11,13-14,16-17,20-21,24,40,44H,5-7,10,12,15,18-19,22-23,25-39H2,1-4H3/b9-8-,13-11-,16-14-,20-17-,24-21-/t40-/m1/s1. The molecule has 0 aliphatic heterocycles. The Labute approximate surface area is 322 Å². The molecule has 0 amide bonds. The summed E-state index contributed by atoms with van der Waals surface area (Å²) in [4.78, 5) is 37.3. The van der Waals surface area contributed by atoms with E-state index in [9.17, 15) is 19.0 Å². The number of hydrogen-bond acceptors (Lipinski definition) is 9. The molecule has 0 saturated heterocycles. The molecule has 0 fully saturated rings. The Balaban J connectivity index is 4.49. The van der Waals surface area contributed by atoms with Crippen molar-refractivity contribution < 1.29 is 47.2 Å². The van der Waals surface area contributed by atoms with Crippen LogP contribution in [-0.2, 0) is 32.7 Å². The fourth-order valence-corrected chi connectivity index (χ4v) is 5.57. The quantitative estimate of drug-likeness (QED) is 0.0218. The number of unbranched alkanes of at least 4 members (excludes halogenated alkanes) is 11. The van der Waals surface area contributed by atoms with E-state index in [4.69, 9.17) is 23.6 Å². The van der Waals surface area contributed by atoms with Gasteiger partial charge < -0.3 is 33.0 Å². The van der Waals surface area contributed by atoms with Crippen LogP contribution in [0.5, 0.6) is 0 Å². The van der Waals surface area contributed by atoms with Gasteiger partial charge in [-0.15, -0.1) is 0 Å². The molecule has 306 valence electrons. The van der Waals surface area contributed by atoms with Crippen molar-refractivity contribution >= 4 is 19.8 Å². The van der Waals surface area contributed by atoms with Gasteiger partial charge in [0.2, 0.25) is 0 Å². The minimum atomic E-state index is -4.64. The number of rotatable bonds is 36. The van der Waals surface area contributed by atoms with Gasteiger partial charge in [-0.25, -0.2) is 0 Å². The molecule has 0 saturated carbocycles. The number of carbonyl (C=O) groups excluding carboxylic acids is 2. The van der Waals surface area contributed by atoms with Gasteiger partial charge in [0.15, 0.2) is 6.10 Å². The van der Waals surface area contributed by atoms with Crippen molar-refractivity contribution in [1.82, 2.24) is 0 Å². The highest BCUT2D eigenvalue weighted by molar-refractivity contribution is 7.45. The second kappa shape index (κ2) is 35.4. The average Bonchev–Trinajstić information content (AvgIpc) is 3.10. The number of likely N-dealkylation sites (N-methyl/N-ethyl adjacent to an activating group) is 1. The van der Waals surface area contributed by atoms with Gasteiger partial charge in [0.25, 0.3) is 7.82 Å². The summed E-state index contributed by atoms with van der Waals surface area (Å²) < 4.78 is 33.7. The van der Waals surface area contributed by atoms with Crippen molar-refractivity contribution in [3.8, 4) is 0 Å². The van der Waals surface area contributed by atoms with Crippen molar-refractivity contribution in [2.45, 2.75) is 141 Å². The first-order valence-corrected chi connectivity index (χ1v) is 21.6. The Kier molecular flexibility index (Phi) is 33.8. The van der Waals surface area contributed by atoms with Crippen LogP contribution in [0.4, 0.5) is 0 Å². The van der Waals surface area contributed by atoms with E-state index in [0.717, 1.165) is 89.9 Å². The van der Waals surface area contributed by atoms with Gasteiger partial charge in [-0.2, -0.15) is 0 Å². The van der Waals surface area contributed by atoms with E-state index in [2.05, 4.69) is 61.6 Å². The van der Waals surface area contributed by atoms with Crippen molar-refractivity contribution in [2.24, 2.45) is 0 Å². The van der Waals surface area contributed by atoms with Crippen molar-refractivity contribution in [3.05, 3.63) is 60.8 Å². The third-order valence-electron chi connectivity index (χ3n) is 8.06. The molecule has 10 nitrogen and oxygen atoms in total. The highest BCUT2D eigenvalue weighted by atomic mass is 31.2. The Morgan fingerprint density at radius 1 is 0.642 bits per heavy atom. The zero-order valence-electron chi connectivity index (χ0n) is 33.6. The first-order chi connectivity index (χ1) is 25.5. The lowest BCUT2D eigenvalue weighted by molar-refractivity contribution is -0.870. The number of esters is 2. The molecule has 0 aliphatic carbocycles. The van der Waals surface area contributed by atoms with Crippen LogP contribution >= 0.6 is 7.82 Å². The average molecular weight is 768 g/mol. The highest BCUT2D eigenvalue weighted by Crippen LogP contribution is 2.38. The van der Waals surface area contributed by atoms with Crippen LogP contribution in [0.2, 0.25) is 0 Å². The lowest BCUT2D eigenvalue weighted by atomic mass is 10.1. The van der Waals surface area contributed by atoms with Gasteiger partial charge in [0.1, 0.15) is 19.8 Å². The number of nitrogens with zero attached hydrogens (tertiary/aromatic N) is 1. The number of ether oxygens (including phenoxy) is 2. The summed E-state index contributed by atoms with van der Waals surface area (Å²) in [5.74, 6) is -0.933. The summed E-state index contributed by atoms with van der Waals surface area (Å²) in [5, 5.41) is 8.79. The van der Waals surface area contributed by atoms with Gasteiger partial charge in [-0.05, 0) is 77.0 Å². The van der Waals surface area contributed by atoms with Crippen LogP contribution in [-0.4, -0.2) is 81.7 Å². The Hall–Kier alpha value is -2.33. The first kappa shape index (κ1) is 50.7. The number of aliphatic hydroxyl groups excluding tert-OH is 1. The maximum atomic E-state index is 12.6. The molecule has 1 N–H and O–H groups in total. The maximum absolute atomic E-state index is 12.6. The lowest BCUT2D eigenvalue weighted by Gasteiger charge is -2.28. The van der Waals surface area contributed by atoms with E-state index in [1.165, 1.54) is 12.8 Å². The third kappa shape index (κ3) is 39.2. The molecular weight excluding hydrogens is 693 g/mol. The minimum absolute atomic E-state index is 0.0481.